The number of nitrogen functional groups attached to an aromatic ring is 1. The van der Waals surface area contributed by atoms with E-state index < -0.39 is 17.1 Å². The maximum Gasteiger partial charge on any atom is 0.346 e. The van der Waals surface area contributed by atoms with Gasteiger partial charge in [0, 0.05) is 6.20 Å². The van der Waals surface area contributed by atoms with Crippen molar-refractivity contribution in [1.82, 2.24) is 9.97 Å². The monoisotopic (exact) mass is 193 g/mol. The maximum atomic E-state index is 10.2. The van der Waals surface area contributed by atoms with E-state index in [9.17, 15) is 4.79 Å². The topological polar surface area (TPSA) is 129 Å². The molecule has 0 bridgehead atoms. The largest absolute Gasteiger partial charge is 0.383 e. The summed E-state index contributed by atoms with van der Waals surface area (Å²) in [6.45, 7) is 0. The summed E-state index contributed by atoms with van der Waals surface area (Å²) in [5.41, 5.74) is 4.72. The second-order valence-electron chi connectivity index (χ2n) is 1.55. The van der Waals surface area contributed by atoms with Crippen molar-refractivity contribution in [3.63, 3.8) is 0 Å². The van der Waals surface area contributed by atoms with Crippen LogP contribution in [-0.2, 0) is 11.4 Å². The molecule has 0 fully saturated rings. The third kappa shape index (κ3) is 6.86. The fourth-order valence-corrected chi connectivity index (χ4v) is 0.385. The van der Waals surface area contributed by atoms with Crippen molar-refractivity contribution in [3.05, 3.63) is 22.7 Å². The van der Waals surface area contributed by atoms with Crippen LogP contribution in [0, 0.1) is 0 Å². The van der Waals surface area contributed by atoms with E-state index in [4.69, 9.17) is 19.0 Å². The zero-order valence-electron chi connectivity index (χ0n) is 5.80. The number of rotatable bonds is 0. The highest BCUT2D eigenvalue weighted by molar-refractivity contribution is 7.73. The fraction of sp³-hybridized carbons (Fsp3) is 0. The number of aromatic amines is 1. The molecule has 1 heterocycles. The van der Waals surface area contributed by atoms with Crippen molar-refractivity contribution in [2.24, 2.45) is 0 Å². The second kappa shape index (κ2) is 5.41. The van der Waals surface area contributed by atoms with Gasteiger partial charge in [0.1, 0.15) is 5.82 Å². The van der Waals surface area contributed by atoms with Crippen molar-refractivity contribution in [2.45, 2.75) is 0 Å². The highest BCUT2D eigenvalue weighted by Crippen LogP contribution is 1.82. The number of anilines is 1. The van der Waals surface area contributed by atoms with E-state index in [1.165, 1.54) is 12.3 Å². The van der Waals surface area contributed by atoms with E-state index in [1.54, 1.807) is 0 Å². The SMILES string of the molecule is Nc1cc[nH]c(=O)n1.O=S(O)O. The van der Waals surface area contributed by atoms with Crippen molar-refractivity contribution in [3.8, 4) is 0 Å². The molecule has 0 spiro atoms. The standard InChI is InChI=1S/C4H5N3O.H2O3S/c5-3-1-2-6-4(8)7-3;1-4(2)3/h1-2H,(H3,5,6,7,8);(H2,1,2,3). The molecule has 1 aromatic rings. The maximum absolute atomic E-state index is 10.2. The van der Waals surface area contributed by atoms with Gasteiger partial charge in [-0.2, -0.15) is 9.19 Å². The summed E-state index contributed by atoms with van der Waals surface area (Å²) < 4.78 is 22.8. The van der Waals surface area contributed by atoms with Crippen LogP contribution in [0.2, 0.25) is 0 Å². The summed E-state index contributed by atoms with van der Waals surface area (Å²) in [6, 6.07) is 1.52. The molecule has 8 heteroatoms. The third-order valence-corrected chi connectivity index (χ3v) is 0.692. The highest BCUT2D eigenvalue weighted by atomic mass is 32.2. The highest BCUT2D eigenvalue weighted by Gasteiger charge is 1.81. The minimum absolute atomic E-state index is 0.244. The van der Waals surface area contributed by atoms with E-state index >= 15 is 0 Å². The van der Waals surface area contributed by atoms with Crippen molar-refractivity contribution >= 4 is 17.2 Å². The van der Waals surface area contributed by atoms with Gasteiger partial charge in [-0.25, -0.2) is 4.79 Å². The molecule has 1 aromatic heterocycles. The number of nitrogens with two attached hydrogens (primary N) is 1. The van der Waals surface area contributed by atoms with Crippen molar-refractivity contribution in [1.29, 1.82) is 0 Å². The molecule has 0 saturated carbocycles. The Bertz CT molecular complexity index is 307. The molecule has 0 aromatic carbocycles. The van der Waals surface area contributed by atoms with Gasteiger partial charge in [0.25, 0.3) is 11.4 Å². The Morgan fingerprint density at radius 2 is 2.08 bits per heavy atom. The van der Waals surface area contributed by atoms with Crippen LogP contribution in [0.5, 0.6) is 0 Å². The first-order valence-electron chi connectivity index (χ1n) is 2.63. The molecule has 12 heavy (non-hydrogen) atoms. The van der Waals surface area contributed by atoms with E-state index in [2.05, 4.69) is 9.97 Å². The van der Waals surface area contributed by atoms with Crippen LogP contribution in [0.1, 0.15) is 0 Å². The Balaban J connectivity index is 0.000000261. The normalized spacial score (nSPS) is 8.92. The van der Waals surface area contributed by atoms with E-state index in [0.29, 0.717) is 0 Å². The van der Waals surface area contributed by atoms with Crippen LogP contribution >= 0.6 is 0 Å². The summed E-state index contributed by atoms with van der Waals surface area (Å²) in [5.74, 6) is 0.244. The molecule has 0 amide bonds. The van der Waals surface area contributed by atoms with E-state index in [-0.39, 0.29) is 5.82 Å². The molecular weight excluding hydrogens is 186 g/mol. The summed E-state index contributed by atoms with van der Waals surface area (Å²) >= 11 is -2.61. The predicted molar refractivity (Wildman–Crippen MR) is 42.7 cm³/mol. The van der Waals surface area contributed by atoms with Gasteiger partial charge in [-0.15, -0.1) is 0 Å². The first kappa shape index (κ1) is 10.8. The number of nitrogens with one attached hydrogen (secondary N) is 1. The second-order valence-corrected chi connectivity index (χ2v) is 2.01. The van der Waals surface area contributed by atoms with Gasteiger partial charge < -0.3 is 10.7 Å². The van der Waals surface area contributed by atoms with Crippen LogP contribution in [0.15, 0.2) is 17.1 Å². The van der Waals surface area contributed by atoms with Gasteiger partial charge in [-0.3, -0.25) is 9.11 Å². The van der Waals surface area contributed by atoms with Gasteiger partial charge in [0.2, 0.25) is 0 Å². The van der Waals surface area contributed by atoms with Gasteiger partial charge >= 0.3 is 5.69 Å². The number of hydrogen-bond donors (Lipinski definition) is 4. The van der Waals surface area contributed by atoms with Crippen LogP contribution in [0.25, 0.3) is 0 Å². The van der Waals surface area contributed by atoms with Crippen LogP contribution in [0.4, 0.5) is 5.82 Å². The Morgan fingerprint density at radius 1 is 1.58 bits per heavy atom. The number of H-pyrrole nitrogens is 1. The van der Waals surface area contributed by atoms with Crippen LogP contribution in [-0.4, -0.2) is 23.3 Å². The Kier molecular flexibility index (Phi) is 4.84. The van der Waals surface area contributed by atoms with Crippen LogP contribution < -0.4 is 11.4 Å². The molecule has 1 rings (SSSR count). The fourth-order valence-electron chi connectivity index (χ4n) is 0.385. The molecule has 0 radical (unpaired) electrons. The summed E-state index contributed by atoms with van der Waals surface area (Å²) in [5, 5.41) is 0. The molecule has 0 aliphatic heterocycles. The van der Waals surface area contributed by atoms with E-state index in [1.807, 2.05) is 0 Å². The number of hydrogen-bond acceptors (Lipinski definition) is 4. The Labute approximate surface area is 69.8 Å². The Morgan fingerprint density at radius 3 is 2.33 bits per heavy atom. The van der Waals surface area contributed by atoms with Crippen molar-refractivity contribution in [2.75, 3.05) is 5.73 Å². The quantitative estimate of drug-likeness (QED) is 0.392. The zero-order chi connectivity index (χ0) is 9.56. The van der Waals surface area contributed by atoms with Crippen molar-refractivity contribution < 1.29 is 13.3 Å². The van der Waals surface area contributed by atoms with Crippen LogP contribution in [0.3, 0.4) is 0 Å². The smallest absolute Gasteiger partial charge is 0.346 e. The molecule has 7 nitrogen and oxygen atoms in total. The Hall–Kier alpha value is -1.25. The molecule has 0 aliphatic carbocycles. The first-order valence-corrected chi connectivity index (χ1v) is 3.70. The molecule has 0 aliphatic rings. The number of aromatic nitrogens is 2. The molecule has 0 unspecified atom stereocenters. The van der Waals surface area contributed by atoms with Gasteiger partial charge in [-0.05, 0) is 6.07 Å². The molecular formula is C4H7N3O4S. The average Bonchev–Trinajstić information content (AvgIpc) is 1.84. The lowest BCUT2D eigenvalue weighted by molar-refractivity contribution is 0.454. The first-order chi connectivity index (χ1) is 5.52. The van der Waals surface area contributed by atoms with Gasteiger partial charge in [-0.1, -0.05) is 0 Å². The average molecular weight is 193 g/mol. The third-order valence-electron chi connectivity index (χ3n) is 0.692. The number of nitrogens with zero attached hydrogens (tertiary/aromatic N) is 1. The lowest BCUT2D eigenvalue weighted by Gasteiger charge is -1.83. The lowest BCUT2D eigenvalue weighted by atomic mass is 10.6. The van der Waals surface area contributed by atoms with Gasteiger partial charge in [0.15, 0.2) is 0 Å². The lowest BCUT2D eigenvalue weighted by Crippen LogP contribution is -2.10. The zero-order valence-corrected chi connectivity index (χ0v) is 6.61. The molecule has 0 atom stereocenters. The summed E-state index contributed by atoms with van der Waals surface area (Å²) in [6.07, 6.45) is 1.45. The molecule has 0 saturated heterocycles. The minimum Gasteiger partial charge on any atom is -0.383 e. The summed E-state index contributed by atoms with van der Waals surface area (Å²) in [4.78, 5) is 15.9. The summed E-state index contributed by atoms with van der Waals surface area (Å²) in [7, 11) is 0. The molecule has 5 N–H and O–H groups in total. The molecule has 68 valence electrons. The predicted octanol–water partition coefficient (Wildman–Crippen LogP) is -0.967. The van der Waals surface area contributed by atoms with E-state index in [0.717, 1.165) is 0 Å². The van der Waals surface area contributed by atoms with Gasteiger partial charge in [0.05, 0.1) is 0 Å². The minimum atomic E-state index is -2.61.